The second-order valence-electron chi connectivity index (χ2n) is 6.85. The van der Waals surface area contributed by atoms with E-state index in [0.717, 1.165) is 24.5 Å². The lowest BCUT2D eigenvalue weighted by atomic mass is 9.73. The second-order valence-corrected chi connectivity index (χ2v) is 6.85. The van der Waals surface area contributed by atoms with Crippen LogP contribution in [0.15, 0.2) is 30.3 Å². The molecule has 1 nitrogen and oxygen atoms in total. The molecule has 4 unspecified atom stereocenters. The molecule has 1 heteroatoms. The topological polar surface area (TPSA) is 17.1 Å². The first kappa shape index (κ1) is 15.3. The van der Waals surface area contributed by atoms with Crippen molar-refractivity contribution in [2.24, 2.45) is 23.7 Å². The lowest BCUT2D eigenvalue weighted by Crippen LogP contribution is -2.22. The van der Waals surface area contributed by atoms with E-state index in [1.165, 1.54) is 37.7 Å². The smallest absolute Gasteiger partial charge is 0.120 e. The van der Waals surface area contributed by atoms with Crippen molar-refractivity contribution in [3.8, 4) is 0 Å². The van der Waals surface area contributed by atoms with Crippen LogP contribution in [0, 0.1) is 23.7 Å². The normalized spacial score (nSPS) is 31.3. The van der Waals surface area contributed by atoms with Crippen molar-refractivity contribution in [1.29, 1.82) is 0 Å². The monoisotopic (exact) mass is 272 g/mol. The van der Waals surface area contributed by atoms with E-state index in [9.17, 15) is 4.79 Å². The summed E-state index contributed by atoms with van der Waals surface area (Å²) in [5, 5.41) is 0. The lowest BCUT2D eigenvalue weighted by molar-refractivity contribution is -0.109. The van der Waals surface area contributed by atoms with Gasteiger partial charge in [0, 0.05) is 6.42 Å². The highest BCUT2D eigenvalue weighted by Gasteiger charge is 2.25. The first-order chi connectivity index (χ1) is 9.69. The van der Waals surface area contributed by atoms with Crippen LogP contribution in [0.5, 0.6) is 0 Å². The zero-order valence-electron chi connectivity index (χ0n) is 12.9. The molecule has 20 heavy (non-hydrogen) atoms. The van der Waals surface area contributed by atoms with Crippen LogP contribution in [0.1, 0.15) is 51.5 Å². The third-order valence-corrected chi connectivity index (χ3v) is 5.03. The Kier molecular flexibility index (Phi) is 5.82. The third kappa shape index (κ3) is 4.47. The molecule has 1 fully saturated rings. The number of rotatable bonds is 4. The van der Waals surface area contributed by atoms with Crippen molar-refractivity contribution in [3.63, 3.8) is 0 Å². The molecule has 0 N–H and O–H groups in total. The Morgan fingerprint density at radius 1 is 1.10 bits per heavy atom. The van der Waals surface area contributed by atoms with Crippen molar-refractivity contribution < 1.29 is 4.79 Å². The molecule has 1 aromatic rings. The minimum atomic E-state index is 0.605. The number of hydrogen-bond donors (Lipinski definition) is 0. The summed E-state index contributed by atoms with van der Waals surface area (Å²) in [6, 6.07) is 10.9. The molecule has 1 aromatic carbocycles. The highest BCUT2D eigenvalue weighted by Crippen LogP contribution is 2.35. The lowest BCUT2D eigenvalue weighted by Gasteiger charge is -2.32. The molecule has 0 bridgehead atoms. The molecule has 0 aliphatic heterocycles. The fraction of sp³-hybridized carbons (Fsp3) is 0.632. The number of hydrogen-bond acceptors (Lipinski definition) is 1. The van der Waals surface area contributed by atoms with Gasteiger partial charge in [0.25, 0.3) is 0 Å². The average Bonchev–Trinajstić information content (AvgIpc) is 2.42. The maximum atomic E-state index is 10.9. The van der Waals surface area contributed by atoms with Crippen LogP contribution < -0.4 is 0 Å². The van der Waals surface area contributed by atoms with E-state index in [4.69, 9.17) is 0 Å². The van der Waals surface area contributed by atoms with Crippen LogP contribution in [0.25, 0.3) is 0 Å². The Morgan fingerprint density at radius 3 is 2.55 bits per heavy atom. The van der Waals surface area contributed by atoms with E-state index in [2.05, 4.69) is 44.2 Å². The molecule has 110 valence electrons. The Morgan fingerprint density at radius 2 is 1.85 bits per heavy atom. The molecule has 0 saturated heterocycles. The van der Waals surface area contributed by atoms with Gasteiger partial charge in [0.2, 0.25) is 0 Å². The van der Waals surface area contributed by atoms with Crippen molar-refractivity contribution in [2.45, 2.75) is 52.4 Å². The minimum absolute atomic E-state index is 0.605. The molecule has 0 amide bonds. The van der Waals surface area contributed by atoms with Gasteiger partial charge < -0.3 is 4.79 Å². The summed E-state index contributed by atoms with van der Waals surface area (Å²) in [5.74, 6) is 2.88. The highest BCUT2D eigenvalue weighted by molar-refractivity contribution is 5.49. The molecule has 0 radical (unpaired) electrons. The van der Waals surface area contributed by atoms with Crippen molar-refractivity contribution >= 4 is 6.29 Å². The molecule has 0 heterocycles. The van der Waals surface area contributed by atoms with E-state index < -0.39 is 0 Å². The number of benzene rings is 1. The van der Waals surface area contributed by atoms with E-state index in [0.29, 0.717) is 11.8 Å². The first-order valence-corrected chi connectivity index (χ1v) is 8.16. The van der Waals surface area contributed by atoms with Crippen LogP contribution >= 0.6 is 0 Å². The molecule has 1 aliphatic carbocycles. The van der Waals surface area contributed by atoms with Gasteiger partial charge in [-0.1, -0.05) is 44.2 Å². The second kappa shape index (κ2) is 7.61. The first-order valence-electron chi connectivity index (χ1n) is 8.16. The third-order valence-electron chi connectivity index (χ3n) is 5.03. The number of carbonyl (C=O) groups excluding carboxylic acids is 1. The van der Waals surface area contributed by atoms with Gasteiger partial charge >= 0.3 is 0 Å². The van der Waals surface area contributed by atoms with E-state index >= 15 is 0 Å². The summed E-state index contributed by atoms with van der Waals surface area (Å²) in [7, 11) is 0. The van der Waals surface area contributed by atoms with Gasteiger partial charge in [-0.3, -0.25) is 0 Å². The predicted octanol–water partition coefficient (Wildman–Crippen LogP) is 4.90. The molecule has 1 saturated carbocycles. The summed E-state index contributed by atoms with van der Waals surface area (Å²) in [5.41, 5.74) is 1.46. The van der Waals surface area contributed by atoms with Crippen molar-refractivity contribution in [1.82, 2.24) is 0 Å². The van der Waals surface area contributed by atoms with Crippen molar-refractivity contribution in [3.05, 3.63) is 35.9 Å². The fourth-order valence-corrected chi connectivity index (χ4v) is 3.95. The summed E-state index contributed by atoms with van der Waals surface area (Å²) >= 11 is 0. The predicted molar refractivity (Wildman–Crippen MR) is 84.6 cm³/mol. The van der Waals surface area contributed by atoms with Crippen LogP contribution in [0.4, 0.5) is 0 Å². The van der Waals surface area contributed by atoms with Gasteiger partial charge in [0.05, 0.1) is 0 Å². The standard InChI is InChI=1S/C19H28O/c1-15-12-16(2)19(10-11-20)9-8-18(13-15)14-17-6-4-3-5-7-17/h3-7,11,15-16,18-19H,8-10,12-14H2,1-2H3. The van der Waals surface area contributed by atoms with Crippen molar-refractivity contribution in [2.75, 3.05) is 0 Å². The van der Waals surface area contributed by atoms with E-state index in [1.807, 2.05) is 0 Å². The summed E-state index contributed by atoms with van der Waals surface area (Å²) in [6.07, 6.45) is 8.21. The summed E-state index contributed by atoms with van der Waals surface area (Å²) < 4.78 is 0. The molecule has 4 atom stereocenters. The van der Waals surface area contributed by atoms with Gasteiger partial charge in [0.15, 0.2) is 0 Å². The SMILES string of the molecule is CC1CC(Cc2ccccc2)CCC(CC=O)C(C)C1. The number of aldehydes is 1. The Bertz CT molecular complexity index is 397. The molecule has 0 aromatic heterocycles. The molecular formula is C19H28O. The molecule has 2 rings (SSSR count). The Hall–Kier alpha value is -1.11. The van der Waals surface area contributed by atoms with Crippen LogP contribution in [-0.4, -0.2) is 6.29 Å². The highest BCUT2D eigenvalue weighted by atomic mass is 16.1. The van der Waals surface area contributed by atoms with Gasteiger partial charge in [-0.05, 0) is 61.3 Å². The van der Waals surface area contributed by atoms with Crippen LogP contribution in [-0.2, 0) is 11.2 Å². The maximum absolute atomic E-state index is 10.9. The quantitative estimate of drug-likeness (QED) is 0.713. The zero-order chi connectivity index (χ0) is 14.4. The fourth-order valence-electron chi connectivity index (χ4n) is 3.95. The Balaban J connectivity index is 1.98. The van der Waals surface area contributed by atoms with Crippen LogP contribution in [0.2, 0.25) is 0 Å². The van der Waals surface area contributed by atoms with Crippen LogP contribution in [0.3, 0.4) is 0 Å². The zero-order valence-corrected chi connectivity index (χ0v) is 12.9. The largest absolute Gasteiger partial charge is 0.303 e. The number of carbonyl (C=O) groups is 1. The Labute approximate surface area is 123 Å². The van der Waals surface area contributed by atoms with Gasteiger partial charge in [-0.2, -0.15) is 0 Å². The van der Waals surface area contributed by atoms with Gasteiger partial charge in [0.1, 0.15) is 6.29 Å². The molecule has 1 aliphatic rings. The summed E-state index contributed by atoms with van der Waals surface area (Å²) in [6.45, 7) is 4.72. The molecular weight excluding hydrogens is 244 g/mol. The summed E-state index contributed by atoms with van der Waals surface area (Å²) in [4.78, 5) is 10.9. The van der Waals surface area contributed by atoms with E-state index in [-0.39, 0.29) is 0 Å². The van der Waals surface area contributed by atoms with Gasteiger partial charge in [-0.25, -0.2) is 0 Å². The minimum Gasteiger partial charge on any atom is -0.303 e. The van der Waals surface area contributed by atoms with E-state index in [1.54, 1.807) is 0 Å². The average molecular weight is 272 g/mol. The van der Waals surface area contributed by atoms with Gasteiger partial charge in [-0.15, -0.1) is 0 Å². The molecule has 0 spiro atoms. The maximum Gasteiger partial charge on any atom is 0.120 e.